The minimum absolute atomic E-state index is 0.153. The number of benzene rings is 2. The topological polar surface area (TPSA) is 56.1 Å². The molecular weight excluding hydrogens is 350 g/mol. The summed E-state index contributed by atoms with van der Waals surface area (Å²) < 4.78 is 7.16. The van der Waals surface area contributed by atoms with Crippen molar-refractivity contribution in [2.24, 2.45) is 5.92 Å². The maximum atomic E-state index is 12.9. The number of ether oxygens (including phenoxy) is 1. The van der Waals surface area contributed by atoms with Gasteiger partial charge in [-0.2, -0.15) is 0 Å². The van der Waals surface area contributed by atoms with Gasteiger partial charge in [0.15, 0.2) is 11.6 Å². The molecule has 1 atom stereocenters. The quantitative estimate of drug-likeness (QED) is 0.697. The molecule has 1 N–H and O–H groups in total. The lowest BCUT2D eigenvalue weighted by atomic mass is 9.87. The number of ketones is 1. The van der Waals surface area contributed by atoms with Crippen LogP contribution >= 0.6 is 0 Å². The molecule has 0 saturated carbocycles. The van der Waals surface area contributed by atoms with Crippen LogP contribution in [0.4, 0.5) is 11.5 Å². The summed E-state index contributed by atoms with van der Waals surface area (Å²) in [6.45, 7) is 6.28. The van der Waals surface area contributed by atoms with E-state index in [4.69, 9.17) is 9.84 Å². The molecule has 0 spiro atoms. The molecule has 0 amide bonds. The van der Waals surface area contributed by atoms with E-state index in [0.29, 0.717) is 23.7 Å². The molecule has 5 heteroatoms. The number of aryl methyl sites for hydroxylation is 2. The molecule has 1 aromatic heterocycles. The molecule has 2 aromatic carbocycles. The standard InChI is InChI=1S/C23H25N3O2/c1-14-11-20-22(21(27)12-14)23(24-17-6-5-15(2)16(3)13-17)25-26(20)18-7-9-19(28-4)10-8-18/h5-10,13-14H,11-12H2,1-4H3,(H,24,25). The number of aromatic nitrogens is 2. The molecule has 0 radical (unpaired) electrons. The molecule has 0 bridgehead atoms. The van der Waals surface area contributed by atoms with E-state index in [9.17, 15) is 4.79 Å². The van der Waals surface area contributed by atoms with Gasteiger partial charge in [-0.3, -0.25) is 4.79 Å². The molecule has 144 valence electrons. The number of carbonyl (C=O) groups excluding carboxylic acids is 1. The highest BCUT2D eigenvalue weighted by Gasteiger charge is 2.31. The highest BCUT2D eigenvalue weighted by Crippen LogP contribution is 2.34. The molecule has 5 nitrogen and oxygen atoms in total. The van der Waals surface area contributed by atoms with Crippen LogP contribution in [-0.4, -0.2) is 22.7 Å². The first kappa shape index (κ1) is 18.3. The van der Waals surface area contributed by atoms with Crippen LogP contribution in [0.3, 0.4) is 0 Å². The first-order valence-electron chi connectivity index (χ1n) is 9.60. The fourth-order valence-electron chi connectivity index (χ4n) is 3.74. The molecule has 1 aliphatic carbocycles. The normalized spacial score (nSPS) is 16.0. The lowest BCUT2D eigenvalue weighted by molar-refractivity contribution is 0.0953. The van der Waals surface area contributed by atoms with E-state index in [1.165, 1.54) is 11.1 Å². The van der Waals surface area contributed by atoms with Crippen molar-refractivity contribution in [2.45, 2.75) is 33.6 Å². The summed E-state index contributed by atoms with van der Waals surface area (Å²) >= 11 is 0. The van der Waals surface area contributed by atoms with Crippen LogP contribution in [0.2, 0.25) is 0 Å². The van der Waals surface area contributed by atoms with Crippen LogP contribution in [-0.2, 0) is 6.42 Å². The van der Waals surface area contributed by atoms with Crippen LogP contribution in [0, 0.1) is 19.8 Å². The van der Waals surface area contributed by atoms with Gasteiger partial charge in [-0.1, -0.05) is 13.0 Å². The Morgan fingerprint density at radius 2 is 1.82 bits per heavy atom. The fraction of sp³-hybridized carbons (Fsp3) is 0.304. The second kappa shape index (κ2) is 7.15. The Bertz CT molecular complexity index is 1030. The summed E-state index contributed by atoms with van der Waals surface area (Å²) in [4.78, 5) is 12.9. The lowest BCUT2D eigenvalue weighted by Crippen LogP contribution is -2.19. The van der Waals surface area contributed by atoms with E-state index >= 15 is 0 Å². The molecule has 28 heavy (non-hydrogen) atoms. The number of fused-ring (bicyclic) bond motifs is 1. The van der Waals surface area contributed by atoms with Gasteiger partial charge < -0.3 is 10.1 Å². The van der Waals surface area contributed by atoms with Crippen LogP contribution in [0.1, 0.15) is 40.5 Å². The number of rotatable bonds is 4. The average Bonchev–Trinajstić information content (AvgIpc) is 3.03. The summed E-state index contributed by atoms with van der Waals surface area (Å²) in [6, 6.07) is 13.9. The summed E-state index contributed by atoms with van der Waals surface area (Å²) in [6.07, 6.45) is 1.39. The van der Waals surface area contributed by atoms with E-state index in [-0.39, 0.29) is 5.78 Å². The zero-order valence-corrected chi connectivity index (χ0v) is 16.7. The Morgan fingerprint density at radius 1 is 1.07 bits per heavy atom. The number of carbonyl (C=O) groups is 1. The second-order valence-corrected chi connectivity index (χ2v) is 7.64. The molecule has 1 unspecified atom stereocenters. The second-order valence-electron chi connectivity index (χ2n) is 7.64. The highest BCUT2D eigenvalue weighted by molar-refractivity contribution is 6.03. The Balaban J connectivity index is 1.80. The highest BCUT2D eigenvalue weighted by atomic mass is 16.5. The van der Waals surface area contributed by atoms with E-state index < -0.39 is 0 Å². The summed E-state index contributed by atoms with van der Waals surface area (Å²) in [5.41, 5.74) is 5.99. The van der Waals surface area contributed by atoms with Gasteiger partial charge in [0, 0.05) is 12.1 Å². The predicted octanol–water partition coefficient (Wildman–Crippen LogP) is 5.01. The van der Waals surface area contributed by atoms with E-state index in [1.807, 2.05) is 35.0 Å². The Hall–Kier alpha value is -3.08. The van der Waals surface area contributed by atoms with Gasteiger partial charge in [-0.15, -0.1) is 5.10 Å². The molecule has 4 rings (SSSR count). The fourth-order valence-corrected chi connectivity index (χ4v) is 3.74. The van der Waals surface area contributed by atoms with Crippen molar-refractivity contribution < 1.29 is 9.53 Å². The van der Waals surface area contributed by atoms with Crippen LogP contribution in [0.25, 0.3) is 5.69 Å². The number of Topliss-reactive ketones (excluding diaryl/α,β-unsaturated/α-hetero) is 1. The number of anilines is 2. The number of hydrogen-bond acceptors (Lipinski definition) is 4. The largest absolute Gasteiger partial charge is 0.497 e. The Morgan fingerprint density at radius 3 is 2.50 bits per heavy atom. The van der Waals surface area contributed by atoms with Crippen LogP contribution in [0.15, 0.2) is 42.5 Å². The van der Waals surface area contributed by atoms with Gasteiger partial charge in [-0.05, 0) is 73.7 Å². The lowest BCUT2D eigenvalue weighted by Gasteiger charge is -2.19. The molecule has 3 aromatic rings. The van der Waals surface area contributed by atoms with E-state index in [1.54, 1.807) is 7.11 Å². The monoisotopic (exact) mass is 375 g/mol. The number of hydrogen-bond donors (Lipinski definition) is 1. The van der Waals surface area contributed by atoms with Crippen molar-refractivity contribution in [3.8, 4) is 11.4 Å². The summed E-state index contributed by atoms with van der Waals surface area (Å²) in [5, 5.41) is 8.17. The first-order valence-corrected chi connectivity index (χ1v) is 9.60. The van der Waals surface area contributed by atoms with Crippen molar-refractivity contribution in [3.63, 3.8) is 0 Å². The summed E-state index contributed by atoms with van der Waals surface area (Å²) in [7, 11) is 1.65. The average molecular weight is 375 g/mol. The number of methoxy groups -OCH3 is 1. The smallest absolute Gasteiger partial charge is 0.168 e. The third-order valence-corrected chi connectivity index (χ3v) is 5.42. The van der Waals surface area contributed by atoms with Crippen LogP contribution in [0.5, 0.6) is 5.75 Å². The molecular formula is C23H25N3O2. The van der Waals surface area contributed by atoms with Crippen molar-refractivity contribution in [1.29, 1.82) is 0 Å². The first-order chi connectivity index (χ1) is 13.5. The van der Waals surface area contributed by atoms with Gasteiger partial charge >= 0.3 is 0 Å². The van der Waals surface area contributed by atoms with Gasteiger partial charge in [0.05, 0.1) is 24.1 Å². The van der Waals surface area contributed by atoms with Crippen molar-refractivity contribution in [2.75, 3.05) is 12.4 Å². The Labute approximate surface area is 165 Å². The van der Waals surface area contributed by atoms with Crippen molar-refractivity contribution in [3.05, 3.63) is 64.8 Å². The van der Waals surface area contributed by atoms with Crippen LogP contribution < -0.4 is 10.1 Å². The molecule has 1 heterocycles. The molecule has 0 saturated heterocycles. The van der Waals surface area contributed by atoms with Gasteiger partial charge in [0.2, 0.25) is 0 Å². The third-order valence-electron chi connectivity index (χ3n) is 5.42. The third kappa shape index (κ3) is 3.28. The molecule has 0 fully saturated rings. The zero-order valence-electron chi connectivity index (χ0n) is 16.7. The Kier molecular flexibility index (Phi) is 4.67. The number of nitrogens with one attached hydrogen (secondary N) is 1. The SMILES string of the molecule is COc1ccc(-n2nc(Nc3ccc(C)c(C)c3)c3c2CC(C)CC3=O)cc1. The van der Waals surface area contributed by atoms with E-state index in [0.717, 1.165) is 29.2 Å². The molecule has 1 aliphatic rings. The van der Waals surface area contributed by atoms with Crippen molar-refractivity contribution in [1.82, 2.24) is 9.78 Å². The zero-order chi connectivity index (χ0) is 19.8. The predicted molar refractivity (Wildman–Crippen MR) is 111 cm³/mol. The maximum absolute atomic E-state index is 12.9. The van der Waals surface area contributed by atoms with Gasteiger partial charge in [0.25, 0.3) is 0 Å². The van der Waals surface area contributed by atoms with E-state index in [2.05, 4.69) is 38.2 Å². The minimum Gasteiger partial charge on any atom is -0.497 e. The van der Waals surface area contributed by atoms with Gasteiger partial charge in [-0.25, -0.2) is 4.68 Å². The van der Waals surface area contributed by atoms with Crippen molar-refractivity contribution >= 4 is 17.3 Å². The molecule has 0 aliphatic heterocycles. The number of nitrogens with zero attached hydrogens (tertiary/aromatic N) is 2. The summed E-state index contributed by atoms with van der Waals surface area (Å²) in [5.74, 6) is 1.89. The minimum atomic E-state index is 0.153. The van der Waals surface area contributed by atoms with Gasteiger partial charge in [0.1, 0.15) is 5.75 Å². The maximum Gasteiger partial charge on any atom is 0.168 e.